The van der Waals surface area contributed by atoms with Crippen LogP contribution >= 0.6 is 22.9 Å². The number of hydrogen-bond acceptors (Lipinski definition) is 3. The van der Waals surface area contributed by atoms with Crippen molar-refractivity contribution in [2.75, 3.05) is 0 Å². The van der Waals surface area contributed by atoms with Crippen molar-refractivity contribution in [1.82, 2.24) is 5.32 Å². The Bertz CT molecular complexity index is 483. The maximum Gasteiger partial charge on any atom is 0.264 e. The highest BCUT2D eigenvalue weighted by atomic mass is 35.5. The SMILES string of the molecule is CC1CCC(C#N)(NC(=O)c2sccc2Cl)CC1. The van der Waals surface area contributed by atoms with Crippen LogP contribution in [0.3, 0.4) is 0 Å². The summed E-state index contributed by atoms with van der Waals surface area (Å²) in [5, 5.41) is 14.5. The molecule has 1 N–H and O–H groups in total. The van der Waals surface area contributed by atoms with Crippen molar-refractivity contribution < 1.29 is 4.79 Å². The summed E-state index contributed by atoms with van der Waals surface area (Å²) < 4.78 is 0. The summed E-state index contributed by atoms with van der Waals surface area (Å²) in [7, 11) is 0. The lowest BCUT2D eigenvalue weighted by molar-refractivity contribution is 0.0898. The number of amides is 1. The van der Waals surface area contributed by atoms with Gasteiger partial charge in [-0.1, -0.05) is 18.5 Å². The number of carbonyl (C=O) groups is 1. The van der Waals surface area contributed by atoms with Crippen molar-refractivity contribution in [2.45, 2.75) is 38.1 Å². The Hall–Kier alpha value is -1.05. The highest BCUT2D eigenvalue weighted by molar-refractivity contribution is 7.12. The van der Waals surface area contributed by atoms with Crippen LogP contribution in [0.5, 0.6) is 0 Å². The Morgan fingerprint density at radius 3 is 2.78 bits per heavy atom. The summed E-state index contributed by atoms with van der Waals surface area (Å²) in [6.45, 7) is 2.18. The number of carbonyl (C=O) groups excluding carboxylic acids is 1. The largest absolute Gasteiger partial charge is 0.333 e. The lowest BCUT2D eigenvalue weighted by Crippen LogP contribution is -2.49. The van der Waals surface area contributed by atoms with Crippen molar-refractivity contribution in [3.8, 4) is 6.07 Å². The number of thiophene rings is 1. The molecule has 0 bridgehead atoms. The van der Waals surface area contributed by atoms with Gasteiger partial charge in [0.25, 0.3) is 5.91 Å². The van der Waals surface area contributed by atoms with Crippen molar-refractivity contribution in [3.63, 3.8) is 0 Å². The molecule has 0 radical (unpaired) electrons. The Morgan fingerprint density at radius 2 is 2.28 bits per heavy atom. The molecule has 1 saturated carbocycles. The molecule has 0 aromatic carbocycles. The minimum Gasteiger partial charge on any atom is -0.333 e. The van der Waals surface area contributed by atoms with E-state index in [4.69, 9.17) is 11.6 Å². The second kappa shape index (κ2) is 5.29. The van der Waals surface area contributed by atoms with Crippen LogP contribution in [0, 0.1) is 17.2 Å². The molecule has 1 heterocycles. The number of nitrogens with zero attached hydrogens (tertiary/aromatic N) is 1. The third kappa shape index (κ3) is 2.68. The average molecular weight is 283 g/mol. The van der Waals surface area contributed by atoms with Crippen LogP contribution in [0.25, 0.3) is 0 Å². The zero-order valence-corrected chi connectivity index (χ0v) is 11.8. The molecule has 2 rings (SSSR count). The van der Waals surface area contributed by atoms with Gasteiger partial charge in [-0.25, -0.2) is 0 Å². The first kappa shape index (κ1) is 13.4. The van der Waals surface area contributed by atoms with E-state index in [1.807, 2.05) is 0 Å². The van der Waals surface area contributed by atoms with Gasteiger partial charge in [0.2, 0.25) is 0 Å². The standard InChI is InChI=1S/C13H15ClN2OS/c1-9-2-5-13(8-15,6-3-9)16-12(17)11-10(14)4-7-18-11/h4,7,9H,2-3,5-6H2,1H3,(H,16,17). The van der Waals surface area contributed by atoms with Crippen molar-refractivity contribution in [2.24, 2.45) is 5.92 Å². The van der Waals surface area contributed by atoms with Crippen LogP contribution in [0.15, 0.2) is 11.4 Å². The average Bonchev–Trinajstić information content (AvgIpc) is 2.79. The lowest BCUT2D eigenvalue weighted by atomic mass is 9.78. The monoisotopic (exact) mass is 282 g/mol. The number of halogens is 1. The molecule has 1 aromatic heterocycles. The van der Waals surface area contributed by atoms with Crippen LogP contribution in [-0.4, -0.2) is 11.4 Å². The highest BCUT2D eigenvalue weighted by Gasteiger charge is 2.36. The number of nitrogens with one attached hydrogen (secondary N) is 1. The minimum atomic E-state index is -0.711. The van der Waals surface area contributed by atoms with Gasteiger partial charge in [0.1, 0.15) is 10.4 Å². The summed E-state index contributed by atoms with van der Waals surface area (Å²) in [5.41, 5.74) is -0.711. The van der Waals surface area contributed by atoms with E-state index in [9.17, 15) is 10.1 Å². The van der Waals surface area contributed by atoms with Crippen LogP contribution < -0.4 is 5.32 Å². The second-order valence-corrected chi connectivity index (χ2v) is 6.25. The van der Waals surface area contributed by atoms with E-state index >= 15 is 0 Å². The quantitative estimate of drug-likeness (QED) is 0.901. The van der Waals surface area contributed by atoms with Crippen LogP contribution in [0.2, 0.25) is 5.02 Å². The molecule has 0 aliphatic heterocycles. The van der Waals surface area contributed by atoms with E-state index in [-0.39, 0.29) is 5.91 Å². The van der Waals surface area contributed by atoms with E-state index in [1.165, 1.54) is 11.3 Å². The van der Waals surface area contributed by atoms with Gasteiger partial charge >= 0.3 is 0 Å². The summed E-state index contributed by atoms with van der Waals surface area (Å²) in [4.78, 5) is 12.6. The predicted octanol–water partition coefficient (Wildman–Crippen LogP) is 3.60. The fourth-order valence-electron chi connectivity index (χ4n) is 2.25. The highest BCUT2D eigenvalue weighted by Crippen LogP contribution is 2.32. The van der Waals surface area contributed by atoms with Gasteiger partial charge in [-0.2, -0.15) is 5.26 Å². The van der Waals surface area contributed by atoms with Gasteiger partial charge in [0.15, 0.2) is 0 Å². The molecule has 0 unspecified atom stereocenters. The topological polar surface area (TPSA) is 52.9 Å². The Kier molecular flexibility index (Phi) is 3.94. The zero-order chi connectivity index (χ0) is 13.2. The predicted molar refractivity (Wildman–Crippen MR) is 72.8 cm³/mol. The third-order valence-corrected chi connectivity index (χ3v) is 4.86. The fourth-order valence-corrected chi connectivity index (χ4v) is 3.29. The molecular formula is C13H15ClN2OS. The Balaban J connectivity index is 2.10. The van der Waals surface area contributed by atoms with E-state index in [1.54, 1.807) is 11.4 Å². The summed E-state index contributed by atoms with van der Waals surface area (Å²) in [6, 6.07) is 3.98. The summed E-state index contributed by atoms with van der Waals surface area (Å²) >= 11 is 7.23. The smallest absolute Gasteiger partial charge is 0.264 e. The van der Waals surface area contributed by atoms with Gasteiger partial charge < -0.3 is 5.32 Å². The van der Waals surface area contributed by atoms with E-state index in [2.05, 4.69) is 18.3 Å². The molecule has 3 nitrogen and oxygen atoms in total. The first-order chi connectivity index (χ1) is 8.56. The van der Waals surface area contributed by atoms with E-state index in [0.717, 1.165) is 25.7 Å². The zero-order valence-electron chi connectivity index (χ0n) is 10.2. The summed E-state index contributed by atoms with van der Waals surface area (Å²) in [5.74, 6) is 0.403. The van der Waals surface area contributed by atoms with Gasteiger partial charge in [0.05, 0.1) is 11.1 Å². The van der Waals surface area contributed by atoms with E-state index < -0.39 is 5.54 Å². The number of hydrogen-bond donors (Lipinski definition) is 1. The van der Waals surface area contributed by atoms with Crippen molar-refractivity contribution in [1.29, 1.82) is 5.26 Å². The van der Waals surface area contributed by atoms with Gasteiger partial charge in [-0.05, 0) is 43.0 Å². The molecule has 0 spiro atoms. The van der Waals surface area contributed by atoms with E-state index in [0.29, 0.717) is 15.8 Å². The second-order valence-electron chi connectivity index (χ2n) is 4.93. The number of rotatable bonds is 2. The van der Waals surface area contributed by atoms with Crippen LogP contribution in [0.1, 0.15) is 42.3 Å². The van der Waals surface area contributed by atoms with Crippen molar-refractivity contribution in [3.05, 3.63) is 21.3 Å². The van der Waals surface area contributed by atoms with Gasteiger partial charge in [-0.3, -0.25) is 4.79 Å². The minimum absolute atomic E-state index is 0.230. The third-order valence-electron chi connectivity index (χ3n) is 3.52. The summed E-state index contributed by atoms with van der Waals surface area (Å²) in [6.07, 6.45) is 3.40. The first-order valence-electron chi connectivity index (χ1n) is 6.03. The molecule has 1 fully saturated rings. The van der Waals surface area contributed by atoms with Crippen molar-refractivity contribution >= 4 is 28.8 Å². The number of nitriles is 1. The lowest BCUT2D eigenvalue weighted by Gasteiger charge is -2.34. The molecule has 1 aliphatic rings. The normalized spacial score (nSPS) is 27.5. The molecule has 5 heteroatoms. The van der Waals surface area contributed by atoms with Crippen LogP contribution in [0.4, 0.5) is 0 Å². The Morgan fingerprint density at radius 1 is 1.61 bits per heavy atom. The molecule has 96 valence electrons. The molecule has 0 saturated heterocycles. The Labute approximate surface area is 116 Å². The molecule has 18 heavy (non-hydrogen) atoms. The maximum absolute atomic E-state index is 12.1. The van der Waals surface area contributed by atoms with Gasteiger partial charge in [-0.15, -0.1) is 11.3 Å². The molecular weight excluding hydrogens is 268 g/mol. The van der Waals surface area contributed by atoms with Gasteiger partial charge in [0, 0.05) is 0 Å². The molecule has 1 aromatic rings. The molecule has 1 amide bonds. The fraction of sp³-hybridized carbons (Fsp3) is 0.538. The molecule has 1 aliphatic carbocycles. The molecule has 0 atom stereocenters. The first-order valence-corrected chi connectivity index (χ1v) is 7.29. The maximum atomic E-state index is 12.1. The van der Waals surface area contributed by atoms with Crippen LogP contribution in [-0.2, 0) is 0 Å².